The molecule has 4 aromatic carbocycles. The largest absolute Gasteiger partial charge is 0.673 e. The third-order valence-electron chi connectivity index (χ3n) is 7.04. The van der Waals surface area contributed by atoms with E-state index in [1.165, 1.54) is 52.8 Å². The molecule has 4 aromatic rings. The molecule has 0 amide bonds. The molecular formula is C35H36B6F24P2Rh-6. The summed E-state index contributed by atoms with van der Waals surface area (Å²) in [5, 5.41) is 5.97. The maximum absolute atomic E-state index is 9.75. The quantitative estimate of drug-likeness (QED) is 0.0515. The van der Waals surface area contributed by atoms with E-state index in [0.29, 0.717) is 0 Å². The maximum atomic E-state index is 9.75. The summed E-state index contributed by atoms with van der Waals surface area (Å²) in [6.45, 7) is 0. The number of hydrogen-bond donors (Lipinski definition) is 0. The summed E-state index contributed by atoms with van der Waals surface area (Å²) in [6.07, 6.45) is 15.6. The summed E-state index contributed by atoms with van der Waals surface area (Å²) in [7, 11) is -36.6. The first-order chi connectivity index (χ1) is 30.4. The second-order valence-corrected chi connectivity index (χ2v) is 17.3. The summed E-state index contributed by atoms with van der Waals surface area (Å²) in [5.41, 5.74) is 0. The molecule has 2 bridgehead atoms. The topological polar surface area (TPSA) is 0 Å². The number of hydrogen-bond acceptors (Lipinski definition) is 0. The van der Waals surface area contributed by atoms with Crippen molar-refractivity contribution in [1.29, 1.82) is 0 Å². The van der Waals surface area contributed by atoms with Gasteiger partial charge in [0.15, 0.2) is 0 Å². The molecule has 1 radical (unpaired) electrons. The Morgan fingerprint density at radius 3 is 0.559 bits per heavy atom. The normalized spacial score (nSPS) is 14.7. The average molecular weight is 1140 g/mol. The molecule has 0 atom stereocenters. The van der Waals surface area contributed by atoms with E-state index in [1.807, 2.05) is 0 Å². The first kappa shape index (κ1) is 68.8. The van der Waals surface area contributed by atoms with Gasteiger partial charge in [0.05, 0.1) is 0 Å². The van der Waals surface area contributed by atoms with Crippen LogP contribution < -0.4 is 21.2 Å². The fraction of sp³-hybridized carbons (Fsp3) is 0.200. The van der Waals surface area contributed by atoms with Crippen LogP contribution in [-0.2, 0) is 19.5 Å². The molecule has 0 N–H and O–H groups in total. The standard InChI is InChI=1S/C28H28P2.C7H8.6BF4.Rh/c1-5-15-25(16-6-1)29(26-17-7-2-8-18-26)23-13-14-24-30(27-19-9-3-10-20-27)28-21-11-4-12-22-28;1-2-7-4-3-6(1)5-7;6*2-1(3,4)5;/h1-12,15-22H,13-14,23-24H2;1-4,6-7H,5H2;;;;;;;/q;;6*-1;. The minimum atomic E-state index is -6.00. The van der Waals surface area contributed by atoms with Crippen molar-refractivity contribution in [2.24, 2.45) is 11.8 Å². The van der Waals surface area contributed by atoms with Gasteiger partial charge in [-0.15, -0.1) is 0 Å². The Kier molecular flexibility index (Phi) is 34.4. The summed E-state index contributed by atoms with van der Waals surface area (Å²) in [6, 6.07) is 44.3. The predicted octanol–water partition coefficient (Wildman–Crippen LogP) is 15.6. The van der Waals surface area contributed by atoms with Crippen LogP contribution in [0.5, 0.6) is 0 Å². The van der Waals surface area contributed by atoms with Crippen LogP contribution >= 0.6 is 15.8 Å². The molecule has 387 valence electrons. The Labute approximate surface area is 391 Å². The number of halogens is 24. The van der Waals surface area contributed by atoms with E-state index in [1.54, 1.807) is 0 Å². The molecular weight excluding hydrogens is 1110 g/mol. The second kappa shape index (κ2) is 34.0. The van der Waals surface area contributed by atoms with E-state index in [9.17, 15) is 104 Å². The van der Waals surface area contributed by atoms with Crippen LogP contribution in [0.4, 0.5) is 104 Å². The zero-order valence-corrected chi connectivity index (χ0v) is 37.7. The smallest absolute Gasteiger partial charge is 0.418 e. The average Bonchev–Trinajstić information content (AvgIpc) is 3.81. The summed E-state index contributed by atoms with van der Waals surface area (Å²) >= 11 is 0. The van der Waals surface area contributed by atoms with Crippen LogP contribution in [0, 0.1) is 11.8 Å². The van der Waals surface area contributed by atoms with Crippen LogP contribution in [0.3, 0.4) is 0 Å². The Bertz CT molecular complexity index is 1570. The zero-order chi connectivity index (χ0) is 52.1. The molecule has 0 heterocycles. The van der Waals surface area contributed by atoms with Crippen LogP contribution in [0.1, 0.15) is 19.3 Å². The molecule has 6 rings (SSSR count). The van der Waals surface area contributed by atoms with Crippen LogP contribution in [0.25, 0.3) is 0 Å². The second-order valence-electron chi connectivity index (χ2n) is 12.7. The van der Waals surface area contributed by atoms with Crippen molar-refractivity contribution < 1.29 is 123 Å². The molecule has 0 spiro atoms. The number of allylic oxidation sites excluding steroid dienone is 4. The van der Waals surface area contributed by atoms with E-state index in [2.05, 4.69) is 146 Å². The minimum absolute atomic E-state index is 0. The summed E-state index contributed by atoms with van der Waals surface area (Å²) < 4.78 is 234. The van der Waals surface area contributed by atoms with Gasteiger partial charge >= 0.3 is 43.5 Å². The molecule has 0 saturated carbocycles. The van der Waals surface area contributed by atoms with Crippen LogP contribution in [-0.4, -0.2) is 55.9 Å². The molecule has 0 fully saturated rings. The fourth-order valence-electron chi connectivity index (χ4n) is 5.11. The Balaban J connectivity index is -0.000000897. The summed E-state index contributed by atoms with van der Waals surface area (Å²) in [5.74, 6) is 1.62. The van der Waals surface area contributed by atoms with Gasteiger partial charge < -0.3 is 104 Å². The fourth-order valence-corrected chi connectivity index (χ4v) is 9.95. The first-order valence-corrected chi connectivity index (χ1v) is 21.8. The van der Waals surface area contributed by atoms with E-state index < -0.39 is 43.5 Å². The molecule has 68 heavy (non-hydrogen) atoms. The molecule has 0 nitrogen and oxygen atoms in total. The van der Waals surface area contributed by atoms with E-state index in [4.69, 9.17) is 0 Å². The number of fused-ring (bicyclic) bond motifs is 2. The van der Waals surface area contributed by atoms with Gasteiger partial charge in [0.25, 0.3) is 0 Å². The Hall–Kier alpha value is -3.45. The van der Waals surface area contributed by atoms with Gasteiger partial charge in [-0.2, -0.15) is 0 Å². The molecule has 2 aliphatic rings. The summed E-state index contributed by atoms with van der Waals surface area (Å²) in [4.78, 5) is 0. The Morgan fingerprint density at radius 1 is 0.294 bits per heavy atom. The van der Waals surface area contributed by atoms with Gasteiger partial charge in [0.1, 0.15) is 0 Å². The molecule has 0 saturated heterocycles. The maximum Gasteiger partial charge on any atom is 0.673 e. The van der Waals surface area contributed by atoms with Crippen LogP contribution in [0.2, 0.25) is 0 Å². The van der Waals surface area contributed by atoms with Gasteiger partial charge in [-0.05, 0) is 80.5 Å². The minimum Gasteiger partial charge on any atom is -0.418 e. The predicted molar refractivity (Wildman–Crippen MR) is 228 cm³/mol. The third kappa shape index (κ3) is 55.2. The van der Waals surface area contributed by atoms with Crippen molar-refractivity contribution >= 4 is 80.6 Å². The monoisotopic (exact) mass is 1140 g/mol. The van der Waals surface area contributed by atoms with Gasteiger partial charge in [-0.1, -0.05) is 146 Å². The van der Waals surface area contributed by atoms with Crippen molar-refractivity contribution in [2.45, 2.75) is 19.3 Å². The van der Waals surface area contributed by atoms with Crippen LogP contribution in [0.15, 0.2) is 146 Å². The molecule has 0 aliphatic heterocycles. The van der Waals surface area contributed by atoms with Gasteiger partial charge in [0, 0.05) is 19.5 Å². The molecule has 0 aromatic heterocycles. The van der Waals surface area contributed by atoms with Gasteiger partial charge in [-0.3, -0.25) is 0 Å². The van der Waals surface area contributed by atoms with Crippen molar-refractivity contribution in [3.63, 3.8) is 0 Å². The van der Waals surface area contributed by atoms with E-state index in [-0.39, 0.29) is 35.3 Å². The first-order valence-electron chi connectivity index (χ1n) is 18.7. The molecule has 33 heteroatoms. The van der Waals surface area contributed by atoms with Gasteiger partial charge in [-0.25, -0.2) is 0 Å². The third-order valence-corrected chi connectivity index (χ3v) is 12.3. The van der Waals surface area contributed by atoms with Crippen molar-refractivity contribution in [2.75, 3.05) is 12.3 Å². The number of rotatable bonds is 9. The number of unbranched alkanes of at least 4 members (excludes halogenated alkanes) is 1. The SMILES string of the molecule is C1=CC2C=CC1C2.F[B-](F)(F)F.F[B-](F)(F)F.F[B-](F)(F)F.F[B-](F)(F)F.F[B-](F)(F)F.F[B-](F)(F)F.[Rh].c1ccc(P(CCCCP(c2ccccc2)c2ccccc2)c2ccccc2)cc1. The van der Waals surface area contributed by atoms with Crippen molar-refractivity contribution in [3.05, 3.63) is 146 Å². The Morgan fingerprint density at radius 2 is 0.441 bits per heavy atom. The van der Waals surface area contributed by atoms with Crippen molar-refractivity contribution in [3.8, 4) is 0 Å². The molecule has 0 unspecified atom stereocenters. The number of benzene rings is 4. The zero-order valence-electron chi connectivity index (χ0n) is 34.3. The van der Waals surface area contributed by atoms with E-state index in [0.717, 1.165) is 11.8 Å². The van der Waals surface area contributed by atoms with Crippen molar-refractivity contribution in [1.82, 2.24) is 0 Å². The molecule has 2 aliphatic carbocycles. The van der Waals surface area contributed by atoms with E-state index >= 15 is 0 Å². The van der Waals surface area contributed by atoms with Gasteiger partial charge in [0.2, 0.25) is 0 Å².